The summed E-state index contributed by atoms with van der Waals surface area (Å²) in [7, 11) is -3.63. The second-order valence-corrected chi connectivity index (χ2v) is 5.46. The van der Waals surface area contributed by atoms with Gasteiger partial charge in [-0.05, 0) is 24.3 Å². The van der Waals surface area contributed by atoms with Gasteiger partial charge in [-0.25, -0.2) is 8.42 Å². The lowest BCUT2D eigenvalue weighted by Gasteiger charge is -2.08. The molecule has 0 heterocycles. The molecular formula is C13H10NO3S. The Bertz CT molecular complexity index is 651. The molecule has 0 saturated heterocycles. The monoisotopic (exact) mass is 260 g/mol. The van der Waals surface area contributed by atoms with Crippen molar-refractivity contribution in [1.82, 2.24) is 0 Å². The topological polar surface area (TPSA) is 63.2 Å². The highest BCUT2D eigenvalue weighted by Crippen LogP contribution is 2.26. The first-order valence-electron chi connectivity index (χ1n) is 5.18. The number of amides is 1. The molecule has 0 spiro atoms. The third kappa shape index (κ3) is 2.26. The average molecular weight is 260 g/mol. The summed E-state index contributed by atoms with van der Waals surface area (Å²) in [6, 6.07) is 14.3. The van der Waals surface area contributed by atoms with Gasteiger partial charge in [0.2, 0.25) is 9.84 Å². The number of nitrogens with one attached hydrogen (secondary N) is 1. The van der Waals surface area contributed by atoms with E-state index in [9.17, 15) is 13.2 Å². The molecule has 1 radical (unpaired) electrons. The molecule has 0 aliphatic heterocycles. The highest BCUT2D eigenvalue weighted by atomic mass is 32.2. The molecule has 4 nitrogen and oxygen atoms in total. The molecule has 18 heavy (non-hydrogen) atoms. The van der Waals surface area contributed by atoms with E-state index in [0.717, 1.165) is 0 Å². The SMILES string of the molecule is O=[C]Nc1ccccc1S(=O)(=O)c1ccccc1. The second kappa shape index (κ2) is 5.01. The third-order valence-corrected chi connectivity index (χ3v) is 4.24. The van der Waals surface area contributed by atoms with Crippen molar-refractivity contribution in [3.63, 3.8) is 0 Å². The van der Waals surface area contributed by atoms with Crippen LogP contribution in [0.2, 0.25) is 0 Å². The number of rotatable bonds is 4. The Hall–Kier alpha value is -2.14. The molecule has 0 saturated carbocycles. The predicted molar refractivity (Wildman–Crippen MR) is 67.7 cm³/mol. The van der Waals surface area contributed by atoms with Crippen LogP contribution in [0.3, 0.4) is 0 Å². The van der Waals surface area contributed by atoms with Gasteiger partial charge >= 0.3 is 6.41 Å². The predicted octanol–water partition coefficient (Wildman–Crippen LogP) is 2.00. The van der Waals surface area contributed by atoms with Crippen molar-refractivity contribution < 1.29 is 13.2 Å². The number of para-hydroxylation sites is 1. The summed E-state index contributed by atoms with van der Waals surface area (Å²) in [5, 5.41) is 2.27. The minimum absolute atomic E-state index is 0.0551. The summed E-state index contributed by atoms with van der Waals surface area (Å²) in [5.74, 6) is 0. The van der Waals surface area contributed by atoms with E-state index in [-0.39, 0.29) is 15.5 Å². The molecule has 0 aliphatic carbocycles. The van der Waals surface area contributed by atoms with Crippen LogP contribution in [0.1, 0.15) is 0 Å². The van der Waals surface area contributed by atoms with Crippen LogP contribution >= 0.6 is 0 Å². The molecule has 2 aromatic carbocycles. The van der Waals surface area contributed by atoms with Crippen LogP contribution in [-0.2, 0) is 14.6 Å². The lowest BCUT2D eigenvalue weighted by molar-refractivity contribution is 0.561. The first-order valence-corrected chi connectivity index (χ1v) is 6.67. The number of anilines is 1. The van der Waals surface area contributed by atoms with Crippen LogP contribution in [0.25, 0.3) is 0 Å². The molecule has 0 atom stereocenters. The fourth-order valence-corrected chi connectivity index (χ4v) is 3.02. The van der Waals surface area contributed by atoms with Gasteiger partial charge in [-0.2, -0.15) is 0 Å². The maximum atomic E-state index is 12.4. The highest BCUT2D eigenvalue weighted by Gasteiger charge is 2.20. The van der Waals surface area contributed by atoms with E-state index >= 15 is 0 Å². The molecule has 0 bridgehead atoms. The maximum Gasteiger partial charge on any atom is 0.314 e. The van der Waals surface area contributed by atoms with Crippen LogP contribution in [0.15, 0.2) is 64.4 Å². The van der Waals surface area contributed by atoms with E-state index in [1.807, 2.05) is 0 Å². The van der Waals surface area contributed by atoms with Gasteiger partial charge in [0, 0.05) is 0 Å². The van der Waals surface area contributed by atoms with Crippen molar-refractivity contribution in [3.05, 3.63) is 54.6 Å². The zero-order valence-corrected chi connectivity index (χ0v) is 10.1. The van der Waals surface area contributed by atoms with Gasteiger partial charge in [0.15, 0.2) is 0 Å². The van der Waals surface area contributed by atoms with Crippen molar-refractivity contribution >= 4 is 21.9 Å². The van der Waals surface area contributed by atoms with E-state index in [0.29, 0.717) is 0 Å². The number of hydrogen-bond acceptors (Lipinski definition) is 3. The molecule has 5 heteroatoms. The summed E-state index contributed by atoms with van der Waals surface area (Å²) in [5.41, 5.74) is 0.219. The fourth-order valence-electron chi connectivity index (χ4n) is 1.59. The lowest BCUT2D eigenvalue weighted by Crippen LogP contribution is -2.06. The number of carbonyl (C=O) groups excluding carboxylic acids is 1. The smallest absolute Gasteiger partial charge is 0.314 e. The van der Waals surface area contributed by atoms with Crippen molar-refractivity contribution in [2.75, 3.05) is 5.32 Å². The second-order valence-electron chi connectivity index (χ2n) is 3.54. The Morgan fingerprint density at radius 2 is 1.50 bits per heavy atom. The molecule has 0 aliphatic rings. The van der Waals surface area contributed by atoms with Gasteiger partial charge in [-0.3, -0.25) is 4.79 Å². The lowest BCUT2D eigenvalue weighted by atomic mass is 10.3. The Labute approximate surface area is 105 Å². The van der Waals surface area contributed by atoms with Gasteiger partial charge in [-0.1, -0.05) is 30.3 Å². The van der Waals surface area contributed by atoms with Gasteiger partial charge in [-0.15, -0.1) is 0 Å². The van der Waals surface area contributed by atoms with E-state index in [2.05, 4.69) is 5.32 Å². The Kier molecular flexibility index (Phi) is 3.43. The zero-order valence-electron chi connectivity index (χ0n) is 9.33. The van der Waals surface area contributed by atoms with Gasteiger partial charge in [0.05, 0.1) is 15.5 Å². The summed E-state index contributed by atoms with van der Waals surface area (Å²) in [6.07, 6.45) is 1.48. The normalized spacial score (nSPS) is 10.9. The van der Waals surface area contributed by atoms with Crippen molar-refractivity contribution in [2.45, 2.75) is 9.79 Å². The standard InChI is InChI=1S/C13H10NO3S/c15-10-14-12-8-4-5-9-13(12)18(16,17)11-6-2-1-3-7-11/h1-9H,(H,14,15). The molecule has 0 unspecified atom stereocenters. The van der Waals surface area contributed by atoms with Crippen LogP contribution in [-0.4, -0.2) is 14.8 Å². The minimum atomic E-state index is -3.63. The molecule has 1 amide bonds. The molecule has 1 N–H and O–H groups in total. The van der Waals surface area contributed by atoms with E-state index in [1.165, 1.54) is 30.7 Å². The van der Waals surface area contributed by atoms with Crippen LogP contribution in [0.4, 0.5) is 5.69 Å². The van der Waals surface area contributed by atoms with E-state index in [1.54, 1.807) is 30.3 Å². The van der Waals surface area contributed by atoms with E-state index < -0.39 is 9.84 Å². The summed E-state index contributed by atoms with van der Waals surface area (Å²) < 4.78 is 24.7. The maximum absolute atomic E-state index is 12.4. The average Bonchev–Trinajstić information content (AvgIpc) is 2.41. The summed E-state index contributed by atoms with van der Waals surface area (Å²) >= 11 is 0. The molecular weight excluding hydrogens is 250 g/mol. The van der Waals surface area contributed by atoms with Gasteiger partial charge in [0.25, 0.3) is 0 Å². The minimum Gasteiger partial charge on any atom is -0.317 e. The van der Waals surface area contributed by atoms with Crippen molar-refractivity contribution in [1.29, 1.82) is 0 Å². The summed E-state index contributed by atoms with van der Waals surface area (Å²) in [6.45, 7) is 0. The summed E-state index contributed by atoms with van der Waals surface area (Å²) in [4.78, 5) is 10.6. The first-order chi connectivity index (χ1) is 8.66. The molecule has 0 fully saturated rings. The highest BCUT2D eigenvalue weighted by molar-refractivity contribution is 7.91. The van der Waals surface area contributed by atoms with Crippen LogP contribution < -0.4 is 5.32 Å². The Morgan fingerprint density at radius 1 is 0.889 bits per heavy atom. The Morgan fingerprint density at radius 3 is 2.17 bits per heavy atom. The quantitative estimate of drug-likeness (QED) is 0.855. The molecule has 2 rings (SSSR count). The van der Waals surface area contributed by atoms with Crippen molar-refractivity contribution in [2.24, 2.45) is 0 Å². The molecule has 0 aromatic heterocycles. The molecule has 2 aromatic rings. The molecule has 91 valence electrons. The largest absolute Gasteiger partial charge is 0.317 e. The third-order valence-electron chi connectivity index (χ3n) is 2.42. The fraction of sp³-hybridized carbons (Fsp3) is 0. The number of benzene rings is 2. The first kappa shape index (κ1) is 12.3. The van der Waals surface area contributed by atoms with Gasteiger partial charge < -0.3 is 5.32 Å². The number of sulfone groups is 1. The number of hydrogen-bond donors (Lipinski definition) is 1. The Balaban J connectivity index is 2.58. The zero-order chi connectivity index (χ0) is 13.0. The van der Waals surface area contributed by atoms with Crippen LogP contribution in [0, 0.1) is 0 Å². The van der Waals surface area contributed by atoms with Gasteiger partial charge in [0.1, 0.15) is 0 Å². The van der Waals surface area contributed by atoms with Crippen molar-refractivity contribution in [3.8, 4) is 0 Å². The van der Waals surface area contributed by atoms with Crippen LogP contribution in [0.5, 0.6) is 0 Å². The van der Waals surface area contributed by atoms with E-state index in [4.69, 9.17) is 0 Å².